The highest BCUT2D eigenvalue weighted by molar-refractivity contribution is 7.99. The molecule has 0 aliphatic heterocycles. The molecule has 1 atom stereocenters. The number of thioether (sulfide) groups is 1. The van der Waals surface area contributed by atoms with Crippen molar-refractivity contribution >= 4 is 23.5 Å². The smallest absolute Gasteiger partial charge is 0.312 e. The molecule has 0 aliphatic carbocycles. The number of nitrogens with zero attached hydrogens (tertiary/aromatic N) is 5. The van der Waals surface area contributed by atoms with Crippen LogP contribution >= 0.6 is 11.8 Å². The van der Waals surface area contributed by atoms with E-state index in [1.54, 1.807) is 23.0 Å². The topological polar surface area (TPSA) is 85.6 Å². The number of carbonyl (C=O) groups is 1. The van der Waals surface area contributed by atoms with Crippen LogP contribution in [0.15, 0.2) is 48.0 Å². The molecular weight excluding hydrogens is 393 g/mol. The first-order valence-electron chi connectivity index (χ1n) is 8.06. The summed E-state index contributed by atoms with van der Waals surface area (Å²) in [6.07, 6.45) is -1.52. The molecule has 0 aromatic carbocycles. The highest BCUT2D eigenvalue weighted by Gasteiger charge is 2.33. The molecule has 146 valence electrons. The van der Waals surface area contributed by atoms with Gasteiger partial charge in [-0.25, -0.2) is 9.97 Å². The highest BCUT2D eigenvalue weighted by atomic mass is 32.2. The van der Waals surface area contributed by atoms with Gasteiger partial charge in [-0.3, -0.25) is 4.79 Å². The van der Waals surface area contributed by atoms with Gasteiger partial charge in [0, 0.05) is 18.5 Å². The van der Waals surface area contributed by atoms with Crippen LogP contribution in [0, 0.1) is 0 Å². The predicted octanol–water partition coefficient (Wildman–Crippen LogP) is 3.73. The number of alkyl halides is 3. The molecule has 3 aromatic rings. The van der Waals surface area contributed by atoms with Gasteiger partial charge in [0.2, 0.25) is 0 Å². The number of anilines is 1. The second-order valence-electron chi connectivity index (χ2n) is 5.82. The molecule has 1 N–H and O–H groups in total. The number of rotatable bonds is 5. The van der Waals surface area contributed by atoms with E-state index in [0.717, 1.165) is 22.9 Å². The summed E-state index contributed by atoms with van der Waals surface area (Å²) in [7, 11) is 1.83. The third-order valence-corrected chi connectivity index (χ3v) is 4.93. The Hall–Kier alpha value is -2.95. The van der Waals surface area contributed by atoms with Crippen molar-refractivity contribution in [3.63, 3.8) is 0 Å². The molecule has 28 heavy (non-hydrogen) atoms. The second kappa shape index (κ2) is 7.97. The molecule has 0 aliphatic rings. The first-order chi connectivity index (χ1) is 13.2. The van der Waals surface area contributed by atoms with E-state index in [0.29, 0.717) is 0 Å². The first-order valence-corrected chi connectivity index (χ1v) is 8.94. The van der Waals surface area contributed by atoms with Crippen LogP contribution in [0.5, 0.6) is 0 Å². The van der Waals surface area contributed by atoms with Crippen molar-refractivity contribution in [3.05, 3.63) is 59.8 Å². The Labute approximate surface area is 162 Å². The highest BCUT2D eigenvalue weighted by Crippen LogP contribution is 2.33. The Balaban J connectivity index is 1.74. The molecule has 0 fully saturated rings. The average Bonchev–Trinajstić information content (AvgIpc) is 3.06. The molecule has 0 saturated carbocycles. The summed E-state index contributed by atoms with van der Waals surface area (Å²) in [6, 6.07) is 6.59. The SMILES string of the molecule is CC(Sc1nncn1C)c1ccnc(NC(=O)c2cccc(C(F)(F)F)n2)c1. The Bertz CT molecular complexity index is 991. The molecule has 0 spiro atoms. The van der Waals surface area contributed by atoms with Gasteiger partial charge in [0.25, 0.3) is 5.91 Å². The number of aromatic nitrogens is 5. The Kier molecular flexibility index (Phi) is 5.63. The lowest BCUT2D eigenvalue weighted by molar-refractivity contribution is -0.141. The van der Waals surface area contributed by atoms with Crippen molar-refractivity contribution in [2.45, 2.75) is 23.5 Å². The second-order valence-corrected chi connectivity index (χ2v) is 7.13. The van der Waals surface area contributed by atoms with Gasteiger partial charge in [-0.1, -0.05) is 17.8 Å². The molecule has 1 unspecified atom stereocenters. The number of carbonyl (C=O) groups excluding carboxylic acids is 1. The average molecular weight is 408 g/mol. The lowest BCUT2D eigenvalue weighted by Gasteiger charge is -2.12. The maximum Gasteiger partial charge on any atom is 0.433 e. The number of pyridine rings is 2. The normalized spacial score (nSPS) is 12.6. The Morgan fingerprint density at radius 1 is 1.29 bits per heavy atom. The largest absolute Gasteiger partial charge is 0.433 e. The van der Waals surface area contributed by atoms with Gasteiger partial charge in [-0.15, -0.1) is 10.2 Å². The third kappa shape index (κ3) is 4.66. The van der Waals surface area contributed by atoms with E-state index in [4.69, 9.17) is 0 Å². The zero-order chi connectivity index (χ0) is 20.3. The molecule has 3 rings (SSSR count). The van der Waals surface area contributed by atoms with Crippen LogP contribution in [0.1, 0.15) is 33.9 Å². The van der Waals surface area contributed by atoms with Crippen LogP contribution in [0.2, 0.25) is 0 Å². The molecule has 7 nitrogen and oxygen atoms in total. The molecule has 1 amide bonds. The van der Waals surface area contributed by atoms with Gasteiger partial charge in [0.05, 0.1) is 0 Å². The van der Waals surface area contributed by atoms with Crippen molar-refractivity contribution in [1.29, 1.82) is 0 Å². The van der Waals surface area contributed by atoms with Gasteiger partial charge < -0.3 is 9.88 Å². The van der Waals surface area contributed by atoms with Crippen LogP contribution in [-0.4, -0.2) is 30.6 Å². The summed E-state index contributed by atoms with van der Waals surface area (Å²) >= 11 is 1.47. The minimum atomic E-state index is -4.62. The summed E-state index contributed by atoms with van der Waals surface area (Å²) in [5, 5.41) is 11.0. The Morgan fingerprint density at radius 2 is 2.07 bits per heavy atom. The van der Waals surface area contributed by atoms with Crippen molar-refractivity contribution in [2.75, 3.05) is 5.32 Å². The zero-order valence-electron chi connectivity index (χ0n) is 14.8. The van der Waals surface area contributed by atoms with Gasteiger partial charge in [-0.05, 0) is 36.8 Å². The lowest BCUT2D eigenvalue weighted by atomic mass is 10.2. The van der Waals surface area contributed by atoms with E-state index in [1.807, 2.05) is 14.0 Å². The predicted molar refractivity (Wildman–Crippen MR) is 96.7 cm³/mol. The van der Waals surface area contributed by atoms with Gasteiger partial charge in [0.15, 0.2) is 5.16 Å². The van der Waals surface area contributed by atoms with Crippen LogP contribution in [0.4, 0.5) is 19.0 Å². The molecule has 11 heteroatoms. The summed E-state index contributed by atoms with van der Waals surface area (Å²) in [5.74, 6) is -0.559. The standard InChI is InChI=1S/C17H15F3N6OS/c1-10(28-16-25-22-9-26(16)2)11-6-7-21-14(8-11)24-15(27)12-4-3-5-13(23-12)17(18,19)20/h3-10H,1-2H3,(H,21,24,27). The molecule has 3 aromatic heterocycles. The Morgan fingerprint density at radius 3 is 2.75 bits per heavy atom. The molecule has 0 bridgehead atoms. The number of nitrogens with one attached hydrogen (secondary N) is 1. The minimum absolute atomic E-state index is 0.0202. The molecular formula is C17H15F3N6OS. The van der Waals surface area contributed by atoms with E-state index in [1.165, 1.54) is 24.0 Å². The van der Waals surface area contributed by atoms with E-state index >= 15 is 0 Å². The third-order valence-electron chi connectivity index (χ3n) is 3.72. The fourth-order valence-electron chi connectivity index (χ4n) is 2.27. The van der Waals surface area contributed by atoms with E-state index in [2.05, 4.69) is 25.5 Å². The van der Waals surface area contributed by atoms with Crippen molar-refractivity contribution in [3.8, 4) is 0 Å². The van der Waals surface area contributed by atoms with Crippen LogP contribution in [-0.2, 0) is 13.2 Å². The summed E-state index contributed by atoms with van der Waals surface area (Å²) in [5.41, 5.74) is -0.616. The van der Waals surface area contributed by atoms with Crippen LogP contribution < -0.4 is 5.32 Å². The van der Waals surface area contributed by atoms with Crippen molar-refractivity contribution < 1.29 is 18.0 Å². The molecule has 0 radical (unpaired) electrons. The van der Waals surface area contributed by atoms with Crippen LogP contribution in [0.3, 0.4) is 0 Å². The van der Waals surface area contributed by atoms with Gasteiger partial charge in [-0.2, -0.15) is 13.2 Å². The summed E-state index contributed by atoms with van der Waals surface area (Å²) < 4.78 is 40.1. The van der Waals surface area contributed by atoms with E-state index in [9.17, 15) is 18.0 Å². The first kappa shape index (κ1) is 19.8. The van der Waals surface area contributed by atoms with Crippen LogP contribution in [0.25, 0.3) is 0 Å². The number of amides is 1. The van der Waals surface area contributed by atoms with E-state index < -0.39 is 17.8 Å². The fraction of sp³-hybridized carbons (Fsp3) is 0.235. The summed E-state index contributed by atoms with van der Waals surface area (Å²) in [4.78, 5) is 19.7. The van der Waals surface area contributed by atoms with Gasteiger partial charge >= 0.3 is 6.18 Å². The number of hydrogen-bond donors (Lipinski definition) is 1. The van der Waals surface area contributed by atoms with Crippen molar-refractivity contribution in [2.24, 2.45) is 7.05 Å². The summed E-state index contributed by atoms with van der Waals surface area (Å²) in [6.45, 7) is 1.95. The molecule has 0 saturated heterocycles. The minimum Gasteiger partial charge on any atom is -0.312 e. The van der Waals surface area contributed by atoms with Crippen molar-refractivity contribution in [1.82, 2.24) is 24.7 Å². The maximum atomic E-state index is 12.8. The number of aryl methyl sites for hydroxylation is 1. The van der Waals surface area contributed by atoms with E-state index in [-0.39, 0.29) is 16.8 Å². The zero-order valence-corrected chi connectivity index (χ0v) is 15.6. The monoisotopic (exact) mass is 408 g/mol. The maximum absolute atomic E-state index is 12.8. The number of hydrogen-bond acceptors (Lipinski definition) is 6. The van der Waals surface area contributed by atoms with Gasteiger partial charge in [0.1, 0.15) is 23.5 Å². The molecule has 3 heterocycles. The quantitative estimate of drug-likeness (QED) is 0.648. The lowest BCUT2D eigenvalue weighted by Crippen LogP contribution is -2.17. The number of halogens is 3. The fourth-order valence-corrected chi connectivity index (χ4v) is 3.18.